The highest BCUT2D eigenvalue weighted by Gasteiger charge is 2.33. The first kappa shape index (κ1) is 21.2. The normalized spacial score (nSPS) is 11.7. The van der Waals surface area contributed by atoms with Crippen LogP contribution in [0.5, 0.6) is 5.75 Å². The van der Waals surface area contributed by atoms with Crippen LogP contribution in [0.15, 0.2) is 54.9 Å². The zero-order chi connectivity index (χ0) is 23.0. The number of ether oxygens (including phenoxy) is 1. The number of hydrogen-bond donors (Lipinski definition) is 2. The zero-order valence-corrected chi connectivity index (χ0v) is 16.4. The van der Waals surface area contributed by atoms with E-state index in [1.54, 1.807) is 16.7 Å². The smallest absolute Gasteiger partial charge is 0.416 e. The Hall–Kier alpha value is -4.08. The van der Waals surface area contributed by atoms with Gasteiger partial charge in [-0.3, -0.25) is 9.78 Å². The number of rotatable bonds is 6. The Morgan fingerprint density at radius 2 is 1.78 bits per heavy atom. The largest absolute Gasteiger partial charge is 0.480 e. The van der Waals surface area contributed by atoms with Gasteiger partial charge in [0.1, 0.15) is 5.75 Å². The summed E-state index contributed by atoms with van der Waals surface area (Å²) in [7, 11) is 0. The number of amides is 1. The summed E-state index contributed by atoms with van der Waals surface area (Å²) in [6.07, 6.45) is -1.85. The molecule has 0 atom stereocenters. The van der Waals surface area contributed by atoms with Crippen LogP contribution in [0.25, 0.3) is 21.8 Å². The first-order chi connectivity index (χ1) is 15.2. The molecule has 0 unspecified atom stereocenters. The first-order valence-corrected chi connectivity index (χ1v) is 9.37. The third kappa shape index (κ3) is 3.70. The van der Waals surface area contributed by atoms with Crippen molar-refractivity contribution in [2.75, 3.05) is 6.61 Å². The van der Waals surface area contributed by atoms with Crippen LogP contribution in [0.1, 0.15) is 21.5 Å². The van der Waals surface area contributed by atoms with E-state index in [9.17, 15) is 22.8 Å². The maximum absolute atomic E-state index is 13.6. The van der Waals surface area contributed by atoms with E-state index < -0.39 is 30.2 Å². The van der Waals surface area contributed by atoms with Crippen LogP contribution in [0.4, 0.5) is 13.2 Å². The molecule has 7 nitrogen and oxygen atoms in total. The van der Waals surface area contributed by atoms with Crippen LogP contribution in [0, 0.1) is 0 Å². The average Bonchev–Trinajstić information content (AvgIpc) is 3.06. The predicted octanol–water partition coefficient (Wildman–Crippen LogP) is 3.82. The number of nitrogens with zero attached hydrogens (tertiary/aromatic N) is 2. The molecule has 0 bridgehead atoms. The molecule has 2 aromatic heterocycles. The molecule has 0 saturated carbocycles. The molecule has 0 fully saturated rings. The molecular weight excluding hydrogens is 427 g/mol. The van der Waals surface area contributed by atoms with Crippen LogP contribution in [-0.4, -0.2) is 33.1 Å². The van der Waals surface area contributed by atoms with Gasteiger partial charge in [0.05, 0.1) is 34.4 Å². The van der Waals surface area contributed by atoms with Gasteiger partial charge in [-0.25, -0.2) is 4.79 Å². The second-order valence-corrected chi connectivity index (χ2v) is 7.02. The number of carboxylic acid groups (broad SMARTS) is 1. The minimum absolute atomic E-state index is 0.0140. The van der Waals surface area contributed by atoms with Gasteiger partial charge in [0.25, 0.3) is 0 Å². The Labute approximate surface area is 178 Å². The lowest BCUT2D eigenvalue weighted by atomic mass is 10.1. The number of carboxylic acids is 1. The van der Waals surface area contributed by atoms with Crippen LogP contribution in [-0.2, 0) is 17.5 Å². The average molecular weight is 443 g/mol. The van der Waals surface area contributed by atoms with E-state index in [1.807, 2.05) is 0 Å². The number of aromatic nitrogens is 2. The predicted molar refractivity (Wildman–Crippen MR) is 109 cm³/mol. The molecule has 0 radical (unpaired) electrons. The molecule has 0 spiro atoms. The molecule has 4 aromatic rings. The van der Waals surface area contributed by atoms with E-state index in [-0.39, 0.29) is 23.4 Å². The monoisotopic (exact) mass is 443 g/mol. The van der Waals surface area contributed by atoms with Crippen molar-refractivity contribution in [2.45, 2.75) is 12.7 Å². The van der Waals surface area contributed by atoms with E-state index in [0.717, 1.165) is 6.07 Å². The Kier molecular flexibility index (Phi) is 5.21. The minimum Gasteiger partial charge on any atom is -0.480 e. The van der Waals surface area contributed by atoms with Gasteiger partial charge in [0.2, 0.25) is 5.91 Å². The minimum atomic E-state index is -4.55. The van der Waals surface area contributed by atoms with Crippen LogP contribution in [0.3, 0.4) is 0 Å². The number of alkyl halides is 3. The molecule has 0 aliphatic carbocycles. The Bertz CT molecular complexity index is 1360. The molecule has 10 heteroatoms. The summed E-state index contributed by atoms with van der Waals surface area (Å²) in [5.74, 6) is -1.89. The SMILES string of the molecule is NC(=O)c1cccc2c1c1c(OCC(=O)O)cncc1n2Cc1ccccc1C(F)(F)F. The number of carbonyl (C=O) groups excluding carboxylic acids is 1. The van der Waals surface area contributed by atoms with Gasteiger partial charge in [0.15, 0.2) is 6.61 Å². The fourth-order valence-corrected chi connectivity index (χ4v) is 3.77. The highest BCUT2D eigenvalue weighted by atomic mass is 19.4. The van der Waals surface area contributed by atoms with Gasteiger partial charge in [-0.2, -0.15) is 13.2 Å². The Morgan fingerprint density at radius 1 is 1.03 bits per heavy atom. The Morgan fingerprint density at radius 3 is 2.47 bits per heavy atom. The topological polar surface area (TPSA) is 107 Å². The summed E-state index contributed by atoms with van der Waals surface area (Å²) in [6, 6.07) is 9.88. The molecule has 0 saturated heterocycles. The van der Waals surface area contributed by atoms with E-state index >= 15 is 0 Å². The Balaban J connectivity index is 2.02. The van der Waals surface area contributed by atoms with E-state index in [1.165, 1.54) is 36.7 Å². The fraction of sp³-hybridized carbons (Fsp3) is 0.136. The van der Waals surface area contributed by atoms with Gasteiger partial charge in [-0.05, 0) is 23.8 Å². The lowest BCUT2D eigenvalue weighted by Crippen LogP contribution is -2.12. The molecule has 32 heavy (non-hydrogen) atoms. The summed E-state index contributed by atoms with van der Waals surface area (Å²) < 4.78 is 47.6. The number of halogens is 3. The number of hydrogen-bond acceptors (Lipinski definition) is 4. The molecule has 164 valence electrons. The third-order valence-corrected chi connectivity index (χ3v) is 5.03. The van der Waals surface area contributed by atoms with Crippen molar-refractivity contribution in [1.29, 1.82) is 0 Å². The number of benzene rings is 2. The van der Waals surface area contributed by atoms with Gasteiger partial charge in [0, 0.05) is 17.5 Å². The molecule has 0 aliphatic heterocycles. The molecule has 2 heterocycles. The number of fused-ring (bicyclic) bond motifs is 3. The van der Waals surface area contributed by atoms with Crippen molar-refractivity contribution in [1.82, 2.24) is 9.55 Å². The van der Waals surface area contributed by atoms with E-state index in [4.69, 9.17) is 15.6 Å². The summed E-state index contributed by atoms with van der Waals surface area (Å²) >= 11 is 0. The number of aliphatic carboxylic acids is 1. The van der Waals surface area contributed by atoms with Crippen LogP contribution >= 0.6 is 0 Å². The van der Waals surface area contributed by atoms with E-state index in [2.05, 4.69) is 4.98 Å². The lowest BCUT2D eigenvalue weighted by molar-refractivity contribution is -0.139. The molecule has 3 N–H and O–H groups in total. The van der Waals surface area contributed by atoms with Crippen molar-refractivity contribution < 1.29 is 32.6 Å². The summed E-state index contributed by atoms with van der Waals surface area (Å²) in [6.45, 7) is -0.842. The highest BCUT2D eigenvalue weighted by molar-refractivity contribution is 6.19. The first-order valence-electron chi connectivity index (χ1n) is 9.37. The zero-order valence-electron chi connectivity index (χ0n) is 16.4. The van der Waals surface area contributed by atoms with Crippen LogP contribution < -0.4 is 10.5 Å². The van der Waals surface area contributed by atoms with Gasteiger partial charge < -0.3 is 20.1 Å². The number of primary amides is 1. The number of nitrogens with two attached hydrogens (primary N) is 1. The quantitative estimate of drug-likeness (QED) is 0.471. The highest BCUT2D eigenvalue weighted by Crippen LogP contribution is 2.39. The molecule has 2 aromatic carbocycles. The summed E-state index contributed by atoms with van der Waals surface area (Å²) in [5, 5.41) is 9.67. The standard InChI is InChI=1S/C22H16F3N3O4/c23-22(24,25)14-6-2-1-4-12(14)10-28-15-7-3-5-13(21(26)31)19(15)20-16(28)8-27-9-17(20)32-11-18(29)30/h1-9H,10-11H2,(H2,26,31)(H,29,30). The van der Waals surface area contributed by atoms with Gasteiger partial charge in [-0.1, -0.05) is 24.3 Å². The lowest BCUT2D eigenvalue weighted by Gasteiger charge is -2.14. The second-order valence-electron chi connectivity index (χ2n) is 7.02. The van der Waals surface area contributed by atoms with E-state index in [0.29, 0.717) is 21.8 Å². The fourth-order valence-electron chi connectivity index (χ4n) is 3.77. The van der Waals surface area contributed by atoms with Crippen molar-refractivity contribution in [3.05, 3.63) is 71.5 Å². The van der Waals surface area contributed by atoms with Crippen molar-refractivity contribution in [2.24, 2.45) is 5.73 Å². The van der Waals surface area contributed by atoms with Crippen molar-refractivity contribution in [3.63, 3.8) is 0 Å². The summed E-state index contributed by atoms with van der Waals surface area (Å²) in [4.78, 5) is 27.2. The van der Waals surface area contributed by atoms with Crippen molar-refractivity contribution in [3.8, 4) is 5.75 Å². The molecule has 0 aliphatic rings. The van der Waals surface area contributed by atoms with Crippen LogP contribution in [0.2, 0.25) is 0 Å². The molecular formula is C22H16F3N3O4. The second kappa shape index (κ2) is 7.88. The summed E-state index contributed by atoms with van der Waals surface area (Å²) in [5.41, 5.74) is 5.70. The third-order valence-electron chi connectivity index (χ3n) is 5.03. The van der Waals surface area contributed by atoms with Gasteiger partial charge in [-0.15, -0.1) is 0 Å². The van der Waals surface area contributed by atoms with Gasteiger partial charge >= 0.3 is 12.1 Å². The maximum atomic E-state index is 13.6. The number of pyridine rings is 1. The maximum Gasteiger partial charge on any atom is 0.416 e. The number of carbonyl (C=O) groups is 2. The molecule has 1 amide bonds. The molecule has 4 rings (SSSR count). The van der Waals surface area contributed by atoms with Crippen molar-refractivity contribution >= 4 is 33.7 Å².